The van der Waals surface area contributed by atoms with Crippen molar-refractivity contribution in [2.45, 2.75) is 33.7 Å². The lowest BCUT2D eigenvalue weighted by molar-refractivity contribution is 0.509. The van der Waals surface area contributed by atoms with Gasteiger partial charge in [-0.2, -0.15) is 0 Å². The van der Waals surface area contributed by atoms with Gasteiger partial charge in [0.05, 0.1) is 0 Å². The SMILES string of the molecule is C=C(C(C)C)[C@@H](N)C(C)C. The van der Waals surface area contributed by atoms with Crippen molar-refractivity contribution in [1.29, 1.82) is 0 Å². The fraction of sp³-hybridized carbons (Fsp3) is 0.778. The van der Waals surface area contributed by atoms with Crippen LogP contribution < -0.4 is 5.73 Å². The van der Waals surface area contributed by atoms with E-state index < -0.39 is 0 Å². The molecule has 0 aromatic carbocycles. The highest BCUT2D eigenvalue weighted by molar-refractivity contribution is 5.07. The van der Waals surface area contributed by atoms with Gasteiger partial charge in [0.25, 0.3) is 0 Å². The molecule has 60 valence electrons. The van der Waals surface area contributed by atoms with E-state index in [1.807, 2.05) is 0 Å². The first-order valence-electron chi connectivity index (χ1n) is 3.91. The molecule has 0 aliphatic rings. The molecule has 0 rings (SSSR count). The highest BCUT2D eigenvalue weighted by Gasteiger charge is 2.13. The minimum absolute atomic E-state index is 0.167. The summed E-state index contributed by atoms with van der Waals surface area (Å²) in [6.45, 7) is 12.5. The molecule has 0 aromatic rings. The fourth-order valence-corrected chi connectivity index (χ4v) is 0.813. The molecule has 0 fully saturated rings. The quantitative estimate of drug-likeness (QED) is 0.599. The van der Waals surface area contributed by atoms with Crippen LogP contribution in [-0.2, 0) is 0 Å². The monoisotopic (exact) mass is 141 g/mol. The van der Waals surface area contributed by atoms with Crippen LogP contribution in [0.25, 0.3) is 0 Å². The van der Waals surface area contributed by atoms with Gasteiger partial charge in [-0.25, -0.2) is 0 Å². The van der Waals surface area contributed by atoms with Crippen LogP contribution in [0.15, 0.2) is 12.2 Å². The molecule has 0 aliphatic carbocycles. The topological polar surface area (TPSA) is 26.0 Å². The van der Waals surface area contributed by atoms with Gasteiger partial charge in [-0.05, 0) is 11.8 Å². The smallest absolute Gasteiger partial charge is 0.0276 e. The van der Waals surface area contributed by atoms with Crippen molar-refractivity contribution in [3.8, 4) is 0 Å². The van der Waals surface area contributed by atoms with Crippen molar-refractivity contribution < 1.29 is 0 Å². The highest BCUT2D eigenvalue weighted by atomic mass is 14.6. The molecular weight excluding hydrogens is 122 g/mol. The number of rotatable bonds is 3. The largest absolute Gasteiger partial charge is 0.324 e. The van der Waals surface area contributed by atoms with E-state index in [0.29, 0.717) is 11.8 Å². The van der Waals surface area contributed by atoms with E-state index in [1.165, 1.54) is 0 Å². The fourth-order valence-electron chi connectivity index (χ4n) is 0.813. The predicted octanol–water partition coefficient (Wildman–Crippen LogP) is 2.18. The van der Waals surface area contributed by atoms with Crippen molar-refractivity contribution >= 4 is 0 Å². The predicted molar refractivity (Wildman–Crippen MR) is 46.8 cm³/mol. The van der Waals surface area contributed by atoms with Crippen molar-refractivity contribution in [1.82, 2.24) is 0 Å². The molecule has 0 radical (unpaired) electrons. The average molecular weight is 141 g/mol. The van der Waals surface area contributed by atoms with Gasteiger partial charge in [-0.15, -0.1) is 0 Å². The molecule has 0 unspecified atom stereocenters. The molecule has 0 aromatic heterocycles. The normalized spacial score (nSPS) is 14.3. The van der Waals surface area contributed by atoms with Gasteiger partial charge in [0.2, 0.25) is 0 Å². The third kappa shape index (κ3) is 2.53. The molecule has 0 saturated carbocycles. The van der Waals surface area contributed by atoms with E-state index in [-0.39, 0.29) is 6.04 Å². The summed E-state index contributed by atoms with van der Waals surface area (Å²) in [7, 11) is 0. The number of nitrogens with two attached hydrogens (primary N) is 1. The van der Waals surface area contributed by atoms with Crippen LogP contribution in [0.2, 0.25) is 0 Å². The van der Waals surface area contributed by atoms with Gasteiger partial charge in [-0.3, -0.25) is 0 Å². The van der Waals surface area contributed by atoms with Gasteiger partial charge in [-0.1, -0.05) is 39.8 Å². The summed E-state index contributed by atoms with van der Waals surface area (Å²) in [6, 6.07) is 0.167. The molecule has 1 nitrogen and oxygen atoms in total. The van der Waals surface area contributed by atoms with Crippen LogP contribution in [0.3, 0.4) is 0 Å². The molecule has 0 amide bonds. The Morgan fingerprint density at radius 1 is 1.20 bits per heavy atom. The van der Waals surface area contributed by atoms with Crippen molar-refractivity contribution in [2.75, 3.05) is 0 Å². The third-order valence-electron chi connectivity index (χ3n) is 1.89. The van der Waals surface area contributed by atoms with Gasteiger partial charge < -0.3 is 5.73 Å². The minimum Gasteiger partial charge on any atom is -0.324 e. The van der Waals surface area contributed by atoms with E-state index in [9.17, 15) is 0 Å². The second-order valence-corrected chi connectivity index (χ2v) is 3.50. The minimum atomic E-state index is 0.167. The van der Waals surface area contributed by atoms with E-state index in [2.05, 4.69) is 34.3 Å². The van der Waals surface area contributed by atoms with Gasteiger partial charge in [0, 0.05) is 6.04 Å². The maximum Gasteiger partial charge on any atom is 0.0276 e. The average Bonchev–Trinajstić information content (AvgIpc) is 1.84. The van der Waals surface area contributed by atoms with Crippen LogP contribution in [0.4, 0.5) is 0 Å². The molecule has 1 atom stereocenters. The Bertz CT molecular complexity index is 114. The number of hydrogen-bond acceptors (Lipinski definition) is 1. The maximum absolute atomic E-state index is 5.86. The van der Waals surface area contributed by atoms with Crippen LogP contribution in [0, 0.1) is 11.8 Å². The first kappa shape index (κ1) is 9.70. The van der Waals surface area contributed by atoms with Crippen molar-refractivity contribution in [3.05, 3.63) is 12.2 Å². The van der Waals surface area contributed by atoms with E-state index in [0.717, 1.165) is 5.57 Å². The molecule has 2 N–H and O–H groups in total. The summed E-state index contributed by atoms with van der Waals surface area (Å²) < 4.78 is 0. The Balaban J connectivity index is 3.95. The Kier molecular flexibility index (Phi) is 3.66. The molecule has 0 aliphatic heterocycles. The summed E-state index contributed by atoms with van der Waals surface area (Å²) in [6.07, 6.45) is 0. The lowest BCUT2D eigenvalue weighted by Crippen LogP contribution is -2.30. The Hall–Kier alpha value is -0.300. The molecule has 0 heterocycles. The van der Waals surface area contributed by atoms with Crippen LogP contribution in [0.5, 0.6) is 0 Å². The standard InChI is InChI=1S/C9H19N/c1-6(2)8(5)9(10)7(3)4/h6-7,9H,5,10H2,1-4H3/t9-/m0/s1. The summed E-state index contributed by atoms with van der Waals surface area (Å²) in [5, 5.41) is 0. The summed E-state index contributed by atoms with van der Waals surface area (Å²) in [5.41, 5.74) is 7.02. The summed E-state index contributed by atoms with van der Waals surface area (Å²) in [4.78, 5) is 0. The van der Waals surface area contributed by atoms with Crippen molar-refractivity contribution in [3.63, 3.8) is 0 Å². The Morgan fingerprint density at radius 3 is 1.70 bits per heavy atom. The maximum atomic E-state index is 5.86. The second-order valence-electron chi connectivity index (χ2n) is 3.50. The zero-order valence-corrected chi connectivity index (χ0v) is 7.52. The third-order valence-corrected chi connectivity index (χ3v) is 1.89. The summed E-state index contributed by atoms with van der Waals surface area (Å²) in [5.74, 6) is 1.02. The van der Waals surface area contributed by atoms with Gasteiger partial charge in [0.1, 0.15) is 0 Å². The number of hydrogen-bond donors (Lipinski definition) is 1. The lowest BCUT2D eigenvalue weighted by Gasteiger charge is -2.21. The van der Waals surface area contributed by atoms with Gasteiger partial charge in [0.15, 0.2) is 0 Å². The first-order chi connectivity index (χ1) is 4.46. The van der Waals surface area contributed by atoms with Crippen LogP contribution in [-0.4, -0.2) is 6.04 Å². The van der Waals surface area contributed by atoms with Crippen LogP contribution in [0.1, 0.15) is 27.7 Å². The lowest BCUT2D eigenvalue weighted by atomic mass is 9.91. The van der Waals surface area contributed by atoms with Gasteiger partial charge >= 0.3 is 0 Å². The molecule has 0 bridgehead atoms. The first-order valence-corrected chi connectivity index (χ1v) is 3.91. The Labute approximate surface area is 64.3 Å². The van der Waals surface area contributed by atoms with E-state index >= 15 is 0 Å². The van der Waals surface area contributed by atoms with E-state index in [4.69, 9.17) is 5.73 Å². The second kappa shape index (κ2) is 3.77. The molecular formula is C9H19N. The molecule has 1 heteroatoms. The molecule has 10 heavy (non-hydrogen) atoms. The zero-order chi connectivity index (χ0) is 8.31. The highest BCUT2D eigenvalue weighted by Crippen LogP contribution is 2.15. The molecule has 0 saturated heterocycles. The Morgan fingerprint density at radius 2 is 1.60 bits per heavy atom. The zero-order valence-electron chi connectivity index (χ0n) is 7.52. The summed E-state index contributed by atoms with van der Waals surface area (Å²) >= 11 is 0. The van der Waals surface area contributed by atoms with Crippen LogP contribution >= 0.6 is 0 Å². The molecule has 0 spiro atoms. The van der Waals surface area contributed by atoms with E-state index in [1.54, 1.807) is 0 Å². The van der Waals surface area contributed by atoms with Crippen molar-refractivity contribution in [2.24, 2.45) is 17.6 Å².